The zero-order valence-electron chi connectivity index (χ0n) is 17.0. The lowest BCUT2D eigenvalue weighted by molar-refractivity contribution is -0.131. The zero-order chi connectivity index (χ0) is 21.8. The van der Waals surface area contributed by atoms with Gasteiger partial charge in [0.05, 0.1) is 11.7 Å². The average molecular weight is 412 g/mol. The number of carboxylic acids is 1. The molecule has 1 heterocycles. The molecule has 0 fully saturated rings. The lowest BCUT2D eigenvalue weighted by Gasteiger charge is -2.17. The average Bonchev–Trinajstić information content (AvgIpc) is 3.25. The lowest BCUT2D eigenvalue weighted by Crippen LogP contribution is -1.96. The van der Waals surface area contributed by atoms with Crippen molar-refractivity contribution < 1.29 is 14.3 Å². The highest BCUT2D eigenvalue weighted by Crippen LogP contribution is 2.35. The topological polar surface area (TPSA) is 66.0 Å². The Hall–Kier alpha value is -3.99. The quantitative estimate of drug-likeness (QED) is 0.294. The molecule has 0 aliphatic rings. The van der Waals surface area contributed by atoms with Gasteiger partial charge in [0, 0.05) is 11.5 Å². The minimum Gasteiger partial charge on any atom is -0.478 e. The SMILES string of the molecule is CC/C(=C(/c1ccc(/C=C/C(=O)O)cc1)c1ccc2[nH]ncc2c1)c1ccc(F)cc1. The Labute approximate surface area is 179 Å². The van der Waals surface area contributed by atoms with Gasteiger partial charge >= 0.3 is 5.97 Å². The second kappa shape index (κ2) is 8.79. The minimum atomic E-state index is -0.984. The van der Waals surface area contributed by atoms with Gasteiger partial charge in [0.1, 0.15) is 5.82 Å². The summed E-state index contributed by atoms with van der Waals surface area (Å²) < 4.78 is 13.5. The number of hydrogen-bond donors (Lipinski definition) is 2. The number of aromatic amines is 1. The van der Waals surface area contributed by atoms with E-state index in [9.17, 15) is 9.18 Å². The van der Waals surface area contributed by atoms with E-state index in [-0.39, 0.29) is 5.82 Å². The molecule has 0 unspecified atom stereocenters. The van der Waals surface area contributed by atoms with Gasteiger partial charge in [-0.15, -0.1) is 0 Å². The number of allylic oxidation sites excluding steroid dienone is 1. The van der Waals surface area contributed by atoms with Crippen LogP contribution < -0.4 is 0 Å². The second-order valence-electron chi connectivity index (χ2n) is 7.18. The third-order valence-electron chi connectivity index (χ3n) is 5.19. The van der Waals surface area contributed by atoms with Crippen molar-refractivity contribution in [3.8, 4) is 0 Å². The Morgan fingerprint density at radius 2 is 1.68 bits per heavy atom. The summed E-state index contributed by atoms with van der Waals surface area (Å²) in [5.74, 6) is -1.25. The summed E-state index contributed by atoms with van der Waals surface area (Å²) in [5, 5.41) is 17.0. The number of hydrogen-bond acceptors (Lipinski definition) is 2. The van der Waals surface area contributed by atoms with Crippen LogP contribution in [0.4, 0.5) is 4.39 Å². The van der Waals surface area contributed by atoms with Crippen LogP contribution in [0.15, 0.2) is 79.0 Å². The number of fused-ring (bicyclic) bond motifs is 1. The van der Waals surface area contributed by atoms with Gasteiger partial charge in [-0.2, -0.15) is 5.10 Å². The molecule has 5 heteroatoms. The maximum absolute atomic E-state index is 13.5. The van der Waals surface area contributed by atoms with Gasteiger partial charge in [-0.3, -0.25) is 5.10 Å². The van der Waals surface area contributed by atoms with Crippen molar-refractivity contribution in [3.63, 3.8) is 0 Å². The Balaban J connectivity index is 1.89. The molecule has 0 bridgehead atoms. The fourth-order valence-corrected chi connectivity index (χ4v) is 3.72. The van der Waals surface area contributed by atoms with Crippen LogP contribution >= 0.6 is 0 Å². The van der Waals surface area contributed by atoms with E-state index in [1.807, 2.05) is 36.4 Å². The minimum absolute atomic E-state index is 0.268. The first-order valence-electron chi connectivity index (χ1n) is 9.99. The van der Waals surface area contributed by atoms with E-state index in [0.29, 0.717) is 0 Å². The van der Waals surface area contributed by atoms with E-state index in [0.717, 1.165) is 56.8 Å². The van der Waals surface area contributed by atoms with Crippen LogP contribution in [-0.2, 0) is 4.79 Å². The summed E-state index contributed by atoms with van der Waals surface area (Å²) in [7, 11) is 0. The summed E-state index contributed by atoms with van der Waals surface area (Å²) in [6.07, 6.45) is 5.23. The Kier molecular flexibility index (Phi) is 5.76. The highest BCUT2D eigenvalue weighted by atomic mass is 19.1. The van der Waals surface area contributed by atoms with Gasteiger partial charge < -0.3 is 5.11 Å². The third-order valence-corrected chi connectivity index (χ3v) is 5.19. The first kappa shape index (κ1) is 20.3. The van der Waals surface area contributed by atoms with Crippen molar-refractivity contribution in [2.45, 2.75) is 13.3 Å². The maximum atomic E-state index is 13.5. The molecule has 0 saturated heterocycles. The largest absolute Gasteiger partial charge is 0.478 e. The van der Waals surface area contributed by atoms with Gasteiger partial charge in [0.25, 0.3) is 0 Å². The standard InChI is InChI=1S/C26H21FN2O2/c1-2-23(18-8-11-22(27)12-9-18)26(20-10-13-24-21(15-20)16-28-29-24)19-6-3-17(4-7-19)5-14-25(30)31/h3-16H,2H2,1H3,(H,28,29)(H,30,31)/b14-5+,26-23+. The Morgan fingerprint density at radius 3 is 2.35 bits per heavy atom. The molecular weight excluding hydrogens is 391 g/mol. The predicted octanol–water partition coefficient (Wildman–Crippen LogP) is 6.17. The van der Waals surface area contributed by atoms with E-state index in [1.54, 1.807) is 24.4 Å². The number of aromatic nitrogens is 2. The predicted molar refractivity (Wildman–Crippen MR) is 122 cm³/mol. The van der Waals surface area contributed by atoms with Crippen molar-refractivity contribution in [2.75, 3.05) is 0 Å². The molecular formula is C26H21FN2O2. The van der Waals surface area contributed by atoms with Gasteiger partial charge in [0.15, 0.2) is 0 Å². The summed E-state index contributed by atoms with van der Waals surface area (Å²) in [4.78, 5) is 10.8. The lowest BCUT2D eigenvalue weighted by atomic mass is 9.87. The number of carboxylic acid groups (broad SMARTS) is 1. The number of nitrogens with zero attached hydrogens (tertiary/aromatic N) is 1. The number of H-pyrrole nitrogens is 1. The molecule has 0 radical (unpaired) electrons. The van der Waals surface area contributed by atoms with Crippen LogP contribution in [-0.4, -0.2) is 21.3 Å². The van der Waals surface area contributed by atoms with Crippen LogP contribution in [0.25, 0.3) is 28.1 Å². The Morgan fingerprint density at radius 1 is 1.00 bits per heavy atom. The van der Waals surface area contributed by atoms with Crippen LogP contribution in [0, 0.1) is 5.82 Å². The molecule has 4 nitrogen and oxygen atoms in total. The van der Waals surface area contributed by atoms with E-state index in [4.69, 9.17) is 5.11 Å². The van der Waals surface area contributed by atoms with Gasteiger partial charge in [0.2, 0.25) is 0 Å². The summed E-state index contributed by atoms with van der Waals surface area (Å²) in [5.41, 5.74) is 6.89. The Bertz CT molecular complexity index is 1280. The molecule has 3 aromatic carbocycles. The molecule has 31 heavy (non-hydrogen) atoms. The normalized spacial score (nSPS) is 12.3. The number of aliphatic carboxylic acids is 1. The fraction of sp³-hybridized carbons (Fsp3) is 0.0769. The molecule has 4 aromatic rings. The number of carbonyl (C=O) groups is 1. The summed E-state index contributed by atoms with van der Waals surface area (Å²) in [6.45, 7) is 2.08. The molecule has 0 atom stereocenters. The molecule has 1 aromatic heterocycles. The zero-order valence-corrected chi connectivity index (χ0v) is 17.0. The number of benzene rings is 3. The fourth-order valence-electron chi connectivity index (χ4n) is 3.72. The smallest absolute Gasteiger partial charge is 0.328 e. The van der Waals surface area contributed by atoms with Gasteiger partial charge in [-0.05, 0) is 70.2 Å². The molecule has 4 rings (SSSR count). The third kappa shape index (κ3) is 4.46. The molecule has 0 spiro atoms. The van der Waals surface area contributed by atoms with Crippen molar-refractivity contribution >= 4 is 34.1 Å². The van der Waals surface area contributed by atoms with E-state index in [1.165, 1.54) is 12.1 Å². The van der Waals surface area contributed by atoms with Gasteiger partial charge in [-0.1, -0.05) is 49.4 Å². The van der Waals surface area contributed by atoms with Crippen molar-refractivity contribution in [3.05, 3.63) is 107 Å². The molecule has 154 valence electrons. The van der Waals surface area contributed by atoms with Crippen LogP contribution in [0.1, 0.15) is 35.6 Å². The molecule has 0 saturated carbocycles. The van der Waals surface area contributed by atoms with Crippen molar-refractivity contribution in [1.29, 1.82) is 0 Å². The number of rotatable bonds is 6. The summed E-state index contributed by atoms with van der Waals surface area (Å²) in [6, 6.07) is 20.4. The first-order valence-corrected chi connectivity index (χ1v) is 9.99. The highest BCUT2D eigenvalue weighted by Gasteiger charge is 2.14. The van der Waals surface area contributed by atoms with E-state index >= 15 is 0 Å². The monoisotopic (exact) mass is 412 g/mol. The van der Waals surface area contributed by atoms with Crippen LogP contribution in [0.2, 0.25) is 0 Å². The van der Waals surface area contributed by atoms with E-state index < -0.39 is 5.97 Å². The number of halogens is 1. The molecule has 2 N–H and O–H groups in total. The highest BCUT2D eigenvalue weighted by molar-refractivity contribution is 6.00. The second-order valence-corrected chi connectivity index (χ2v) is 7.18. The number of nitrogens with one attached hydrogen (secondary N) is 1. The molecule has 0 aliphatic heterocycles. The van der Waals surface area contributed by atoms with Crippen LogP contribution in [0.3, 0.4) is 0 Å². The first-order chi connectivity index (χ1) is 15.0. The molecule has 0 aliphatic carbocycles. The van der Waals surface area contributed by atoms with Gasteiger partial charge in [-0.25, -0.2) is 9.18 Å². The molecule has 0 amide bonds. The van der Waals surface area contributed by atoms with E-state index in [2.05, 4.69) is 23.2 Å². The van der Waals surface area contributed by atoms with Crippen LogP contribution in [0.5, 0.6) is 0 Å². The summed E-state index contributed by atoms with van der Waals surface area (Å²) >= 11 is 0. The maximum Gasteiger partial charge on any atom is 0.328 e. The van der Waals surface area contributed by atoms with Crippen molar-refractivity contribution in [1.82, 2.24) is 10.2 Å². The van der Waals surface area contributed by atoms with Crippen molar-refractivity contribution in [2.24, 2.45) is 0 Å².